The van der Waals surface area contributed by atoms with Gasteiger partial charge in [0.2, 0.25) is 0 Å². The van der Waals surface area contributed by atoms with Crippen LogP contribution in [0, 0.1) is 0 Å². The van der Waals surface area contributed by atoms with Gasteiger partial charge >= 0.3 is 5.97 Å². The predicted molar refractivity (Wildman–Crippen MR) is 113 cm³/mol. The molecule has 1 aliphatic rings. The fourth-order valence-corrected chi connectivity index (χ4v) is 5.15. The molecule has 0 spiro atoms. The summed E-state index contributed by atoms with van der Waals surface area (Å²) in [7, 11) is 2.89. The molecule has 0 N–H and O–H groups in total. The third kappa shape index (κ3) is 3.34. The maximum atomic E-state index is 13.4. The Balaban J connectivity index is 2.03. The molecule has 3 aromatic rings. The largest absolute Gasteiger partial charge is 0.496 e. The van der Waals surface area contributed by atoms with Gasteiger partial charge in [0.05, 0.1) is 30.0 Å². The van der Waals surface area contributed by atoms with E-state index in [0.29, 0.717) is 31.9 Å². The maximum absolute atomic E-state index is 13.4. The minimum Gasteiger partial charge on any atom is -0.496 e. The molecule has 0 amide bonds. The molecule has 1 aliphatic heterocycles. The normalized spacial score (nSPS) is 16.4. The van der Waals surface area contributed by atoms with Crippen LogP contribution in [0.4, 0.5) is 0 Å². The molecule has 3 heterocycles. The molecule has 2 aromatic heterocycles. The number of methoxy groups -OCH3 is 2. The van der Waals surface area contributed by atoms with Crippen molar-refractivity contribution in [3.05, 3.63) is 83.2 Å². The van der Waals surface area contributed by atoms with E-state index in [-0.39, 0.29) is 5.56 Å². The van der Waals surface area contributed by atoms with Crippen molar-refractivity contribution in [1.29, 1.82) is 0 Å². The molecular formula is C21H18N2O4S2. The van der Waals surface area contributed by atoms with Crippen LogP contribution < -0.4 is 19.6 Å². The number of nitrogens with zero attached hydrogens (tertiary/aromatic N) is 2. The van der Waals surface area contributed by atoms with Crippen molar-refractivity contribution in [2.24, 2.45) is 4.99 Å². The van der Waals surface area contributed by atoms with E-state index in [1.54, 1.807) is 36.0 Å². The van der Waals surface area contributed by atoms with E-state index < -0.39 is 12.0 Å². The number of para-hydroxylation sites is 1. The number of ether oxygens (including phenoxy) is 2. The number of thiophene rings is 1. The van der Waals surface area contributed by atoms with Gasteiger partial charge in [-0.2, -0.15) is 0 Å². The number of aromatic nitrogens is 1. The lowest BCUT2D eigenvalue weighted by Gasteiger charge is -2.25. The fraction of sp³-hybridized carbons (Fsp3) is 0.190. The average molecular weight is 427 g/mol. The molecule has 1 unspecified atom stereocenters. The first-order chi connectivity index (χ1) is 14.0. The van der Waals surface area contributed by atoms with Crippen molar-refractivity contribution in [2.45, 2.75) is 13.0 Å². The number of thiazole rings is 1. The van der Waals surface area contributed by atoms with E-state index in [1.165, 1.54) is 18.4 Å². The van der Waals surface area contributed by atoms with E-state index in [2.05, 4.69) is 4.99 Å². The third-order valence-corrected chi connectivity index (χ3v) is 6.48. The number of hydrogen-bond donors (Lipinski definition) is 0. The van der Waals surface area contributed by atoms with Crippen LogP contribution in [0.2, 0.25) is 0 Å². The number of rotatable bonds is 4. The van der Waals surface area contributed by atoms with Gasteiger partial charge in [-0.3, -0.25) is 9.36 Å². The second-order valence-electron chi connectivity index (χ2n) is 6.33. The van der Waals surface area contributed by atoms with Crippen LogP contribution in [0.5, 0.6) is 5.75 Å². The summed E-state index contributed by atoms with van der Waals surface area (Å²) >= 11 is 2.86. The molecule has 1 atom stereocenters. The lowest BCUT2D eigenvalue weighted by molar-refractivity contribution is -0.136. The molecule has 1 aromatic carbocycles. The highest BCUT2D eigenvalue weighted by atomic mass is 32.1. The van der Waals surface area contributed by atoms with Crippen LogP contribution in [0.15, 0.2) is 62.8 Å². The van der Waals surface area contributed by atoms with Gasteiger partial charge in [-0.05, 0) is 30.5 Å². The van der Waals surface area contributed by atoms with Crippen molar-refractivity contribution in [3.63, 3.8) is 0 Å². The standard InChI is InChI=1S/C21H18N2O4S2/c1-12-17(20(25)27-3)18(14-8-4-5-9-15(14)26-2)23-19(24)16(29-21(23)22-12)11-13-7-6-10-28-13/h4-11,18H,1-3H3/b16-11+. The topological polar surface area (TPSA) is 69.9 Å². The number of benzene rings is 1. The smallest absolute Gasteiger partial charge is 0.338 e. The zero-order chi connectivity index (χ0) is 20.5. The van der Waals surface area contributed by atoms with Gasteiger partial charge in [-0.15, -0.1) is 11.3 Å². The molecule has 148 valence electrons. The number of allylic oxidation sites excluding steroid dienone is 1. The van der Waals surface area contributed by atoms with Crippen molar-refractivity contribution >= 4 is 34.7 Å². The molecule has 0 saturated heterocycles. The van der Waals surface area contributed by atoms with Gasteiger partial charge in [-0.25, -0.2) is 9.79 Å². The average Bonchev–Trinajstić information content (AvgIpc) is 3.35. The quantitative estimate of drug-likeness (QED) is 0.601. The van der Waals surface area contributed by atoms with Crippen LogP contribution in [0.1, 0.15) is 23.4 Å². The van der Waals surface area contributed by atoms with Gasteiger partial charge in [0.25, 0.3) is 5.56 Å². The lowest BCUT2D eigenvalue weighted by atomic mass is 9.95. The van der Waals surface area contributed by atoms with Crippen LogP contribution in [-0.2, 0) is 9.53 Å². The molecule has 4 rings (SSSR count). The zero-order valence-electron chi connectivity index (χ0n) is 16.0. The number of hydrogen-bond acceptors (Lipinski definition) is 7. The van der Waals surface area contributed by atoms with Crippen molar-refractivity contribution in [2.75, 3.05) is 14.2 Å². The van der Waals surface area contributed by atoms with E-state index in [4.69, 9.17) is 9.47 Å². The van der Waals surface area contributed by atoms with Gasteiger partial charge in [0, 0.05) is 10.4 Å². The first-order valence-corrected chi connectivity index (χ1v) is 10.5. The summed E-state index contributed by atoms with van der Waals surface area (Å²) < 4.78 is 12.7. The van der Waals surface area contributed by atoms with Crippen LogP contribution in [0.3, 0.4) is 0 Å². The Bertz CT molecular complexity index is 1280. The molecule has 0 aliphatic carbocycles. The number of fused-ring (bicyclic) bond motifs is 1. The monoisotopic (exact) mass is 426 g/mol. The van der Waals surface area contributed by atoms with E-state index in [0.717, 1.165) is 4.88 Å². The van der Waals surface area contributed by atoms with Gasteiger partial charge in [0.15, 0.2) is 4.80 Å². The second-order valence-corrected chi connectivity index (χ2v) is 8.32. The summed E-state index contributed by atoms with van der Waals surface area (Å²) in [6.45, 7) is 1.75. The first kappa shape index (κ1) is 19.4. The molecule has 0 fully saturated rings. The Morgan fingerprint density at radius 2 is 2.00 bits per heavy atom. The van der Waals surface area contributed by atoms with Crippen LogP contribution in [0.25, 0.3) is 6.08 Å². The Hall–Kier alpha value is -2.97. The summed E-state index contributed by atoms with van der Waals surface area (Å²) in [6, 6.07) is 10.6. The highest BCUT2D eigenvalue weighted by molar-refractivity contribution is 7.11. The SMILES string of the molecule is COC(=O)C1=C(C)N=c2s/c(=C/c3cccs3)c(=O)n2C1c1ccccc1OC. The maximum Gasteiger partial charge on any atom is 0.338 e. The van der Waals surface area contributed by atoms with Gasteiger partial charge < -0.3 is 9.47 Å². The number of carbonyl (C=O) groups is 1. The Kier molecular flexibility index (Phi) is 5.21. The molecule has 29 heavy (non-hydrogen) atoms. The van der Waals surface area contributed by atoms with Gasteiger partial charge in [-0.1, -0.05) is 35.6 Å². The van der Waals surface area contributed by atoms with Crippen molar-refractivity contribution in [3.8, 4) is 5.75 Å². The molecular weight excluding hydrogens is 408 g/mol. The second kappa shape index (κ2) is 7.81. The Morgan fingerprint density at radius 1 is 1.21 bits per heavy atom. The Labute approximate surface area is 174 Å². The summed E-state index contributed by atoms with van der Waals surface area (Å²) in [4.78, 5) is 32.1. The van der Waals surface area contributed by atoms with Crippen molar-refractivity contribution in [1.82, 2.24) is 4.57 Å². The Morgan fingerprint density at radius 3 is 2.69 bits per heavy atom. The summed E-state index contributed by atoms with van der Waals surface area (Å²) in [5, 5.41) is 1.96. The highest BCUT2D eigenvalue weighted by Gasteiger charge is 2.34. The van der Waals surface area contributed by atoms with E-state index >= 15 is 0 Å². The van der Waals surface area contributed by atoms with Gasteiger partial charge in [0.1, 0.15) is 11.8 Å². The first-order valence-electron chi connectivity index (χ1n) is 8.82. The van der Waals surface area contributed by atoms with Crippen molar-refractivity contribution < 1.29 is 14.3 Å². The van der Waals surface area contributed by atoms with Crippen LogP contribution >= 0.6 is 22.7 Å². The zero-order valence-corrected chi connectivity index (χ0v) is 17.7. The highest BCUT2D eigenvalue weighted by Crippen LogP contribution is 2.35. The summed E-state index contributed by atoms with van der Waals surface area (Å²) in [5.41, 5.74) is 1.35. The molecule has 8 heteroatoms. The summed E-state index contributed by atoms with van der Waals surface area (Å²) in [6.07, 6.45) is 1.85. The summed E-state index contributed by atoms with van der Waals surface area (Å²) in [5.74, 6) is 0.0659. The number of carbonyl (C=O) groups excluding carboxylic acids is 1. The fourth-order valence-electron chi connectivity index (χ4n) is 3.38. The third-order valence-electron chi connectivity index (χ3n) is 4.68. The van der Waals surface area contributed by atoms with E-state index in [9.17, 15) is 9.59 Å². The molecule has 0 radical (unpaired) electrons. The minimum absolute atomic E-state index is 0.202. The minimum atomic E-state index is -0.680. The lowest BCUT2D eigenvalue weighted by Crippen LogP contribution is -2.39. The molecule has 6 nitrogen and oxygen atoms in total. The molecule has 0 saturated carbocycles. The predicted octanol–water partition coefficient (Wildman–Crippen LogP) is 2.48. The van der Waals surface area contributed by atoms with Crippen LogP contribution in [-0.4, -0.2) is 24.8 Å². The van der Waals surface area contributed by atoms with E-state index in [1.807, 2.05) is 41.8 Å². The number of esters is 1. The molecule has 0 bridgehead atoms.